The highest BCUT2D eigenvalue weighted by atomic mass is 16.3. The van der Waals surface area contributed by atoms with Crippen molar-refractivity contribution in [2.45, 2.75) is 0 Å². The third-order valence-corrected chi connectivity index (χ3v) is 9.86. The van der Waals surface area contributed by atoms with Crippen LogP contribution in [0.15, 0.2) is 150 Å². The molecule has 0 amide bonds. The Labute approximate surface area is 319 Å². The highest BCUT2D eigenvalue weighted by Crippen LogP contribution is 2.38. The van der Waals surface area contributed by atoms with Crippen LogP contribution in [-0.4, -0.2) is 54.2 Å². The Bertz CT molecular complexity index is 2830. The highest BCUT2D eigenvalue weighted by molar-refractivity contribution is 6.68. The summed E-state index contributed by atoms with van der Waals surface area (Å²) in [6, 6.07) is 48.7. The molecular formula is C45H24B5N3O. The van der Waals surface area contributed by atoms with Crippen molar-refractivity contribution in [1.82, 2.24) is 15.0 Å². The van der Waals surface area contributed by atoms with Crippen LogP contribution in [0.25, 0.3) is 89.5 Å². The van der Waals surface area contributed by atoms with Crippen LogP contribution in [0.4, 0.5) is 0 Å². The van der Waals surface area contributed by atoms with Gasteiger partial charge in [-0.1, -0.05) is 138 Å². The molecule has 0 spiro atoms. The number of aromatic nitrogens is 3. The van der Waals surface area contributed by atoms with E-state index in [0.29, 0.717) is 23.0 Å². The summed E-state index contributed by atoms with van der Waals surface area (Å²) in [5, 5.41) is 1.89. The zero-order valence-corrected chi connectivity index (χ0v) is 29.0. The number of hydrogen-bond donors (Lipinski definition) is 0. The maximum absolute atomic E-state index is 6.39. The number of fused-ring (bicyclic) bond motifs is 3. The van der Waals surface area contributed by atoms with Gasteiger partial charge < -0.3 is 4.42 Å². The summed E-state index contributed by atoms with van der Waals surface area (Å²) in [5.74, 6) is 1.55. The maximum atomic E-state index is 6.39. The predicted molar refractivity (Wildman–Crippen MR) is 227 cm³/mol. The van der Waals surface area contributed by atoms with E-state index >= 15 is 0 Å². The van der Waals surface area contributed by atoms with Gasteiger partial charge in [0.1, 0.15) is 50.4 Å². The quantitative estimate of drug-likeness (QED) is 0.211. The number of rotatable bonds is 6. The topological polar surface area (TPSA) is 51.8 Å². The number of nitrogens with zero attached hydrogens (tertiary/aromatic N) is 3. The monoisotopic (exact) mass is 677 g/mol. The smallest absolute Gasteiger partial charge is 0.164 e. The fourth-order valence-corrected chi connectivity index (χ4v) is 6.97. The molecular weight excluding hydrogens is 653 g/mol. The Morgan fingerprint density at radius 3 is 1.44 bits per heavy atom. The zero-order chi connectivity index (χ0) is 36.9. The molecule has 10 radical (unpaired) electrons. The Kier molecular flexibility index (Phi) is 8.43. The molecule has 2 aromatic heterocycles. The lowest BCUT2D eigenvalue weighted by Crippen LogP contribution is -2.55. The fraction of sp³-hybridized carbons (Fsp3) is 0. The number of furan rings is 1. The first-order chi connectivity index (χ1) is 26.3. The predicted octanol–water partition coefficient (Wildman–Crippen LogP) is 5.74. The molecule has 240 valence electrons. The molecule has 0 unspecified atom stereocenters. The normalized spacial score (nSPS) is 11.3. The van der Waals surface area contributed by atoms with Gasteiger partial charge in [-0.2, -0.15) is 0 Å². The molecule has 0 fully saturated rings. The van der Waals surface area contributed by atoms with Crippen molar-refractivity contribution in [2.24, 2.45) is 0 Å². The summed E-state index contributed by atoms with van der Waals surface area (Å²) in [5.41, 5.74) is 10.9. The van der Waals surface area contributed by atoms with Gasteiger partial charge in [0.15, 0.2) is 17.5 Å². The third-order valence-electron chi connectivity index (χ3n) is 9.86. The van der Waals surface area contributed by atoms with E-state index in [9.17, 15) is 0 Å². The first kappa shape index (κ1) is 33.5. The molecule has 0 N–H and O–H groups in total. The molecule has 0 saturated carbocycles. The van der Waals surface area contributed by atoms with Crippen LogP contribution in [0.3, 0.4) is 0 Å². The van der Waals surface area contributed by atoms with Crippen LogP contribution in [0.1, 0.15) is 0 Å². The van der Waals surface area contributed by atoms with Gasteiger partial charge in [0, 0.05) is 27.5 Å². The van der Waals surface area contributed by atoms with Crippen molar-refractivity contribution in [3.63, 3.8) is 0 Å². The van der Waals surface area contributed by atoms with E-state index in [1.165, 1.54) is 11.1 Å². The summed E-state index contributed by atoms with van der Waals surface area (Å²) in [4.78, 5) is 15.0. The van der Waals surface area contributed by atoms with Gasteiger partial charge in [0.05, 0.1) is 0 Å². The Hall–Kier alpha value is -6.33. The van der Waals surface area contributed by atoms with Crippen molar-refractivity contribution in [3.05, 3.63) is 146 Å². The Morgan fingerprint density at radius 1 is 0.352 bits per heavy atom. The molecule has 0 aliphatic heterocycles. The number of hydrogen-bond acceptors (Lipinski definition) is 4. The van der Waals surface area contributed by atoms with Gasteiger partial charge in [-0.05, 0) is 51.6 Å². The molecule has 0 atom stereocenters. The second kappa shape index (κ2) is 13.6. The molecule has 9 heteroatoms. The van der Waals surface area contributed by atoms with Gasteiger partial charge in [-0.25, -0.2) is 15.0 Å². The van der Waals surface area contributed by atoms with E-state index in [0.717, 1.165) is 55.3 Å². The standard InChI is InChI=1S/C45H24B5N3O/c46-38-36(39(47)41(49)42(50)40(38)48)28-18-20-30(21-19-28)44-51-43(29-10-5-2-6-11-29)52-45(53-44)32-12-7-13-35-37(32)33-24-31(22-23-34(33)54-35)27-16-14-26(15-17-27)25-8-3-1-4-9-25/h1-24H. The number of benzene rings is 7. The Balaban J connectivity index is 1.17. The van der Waals surface area contributed by atoms with E-state index in [4.69, 9.17) is 58.6 Å². The minimum absolute atomic E-state index is 0.172. The summed E-state index contributed by atoms with van der Waals surface area (Å²) in [6.07, 6.45) is 0. The highest BCUT2D eigenvalue weighted by Gasteiger charge is 2.19. The van der Waals surface area contributed by atoms with E-state index < -0.39 is 0 Å². The first-order valence-electron chi connectivity index (χ1n) is 17.4. The van der Waals surface area contributed by atoms with Crippen molar-refractivity contribution >= 4 is 88.5 Å². The SMILES string of the molecule is [B]c1c([B])c([B])c(-c2ccc(-c3nc(-c4ccccc4)nc(-c4cccc5oc6ccc(-c7ccc(-c8ccccc8)cc7)cc6c45)n3)cc2)c([B])c1[B]. The largest absolute Gasteiger partial charge is 0.456 e. The van der Waals surface area contributed by atoms with Crippen molar-refractivity contribution in [1.29, 1.82) is 0 Å². The van der Waals surface area contributed by atoms with Crippen LogP contribution < -0.4 is 27.3 Å². The van der Waals surface area contributed by atoms with Crippen molar-refractivity contribution < 1.29 is 4.42 Å². The Morgan fingerprint density at radius 2 is 0.815 bits per heavy atom. The summed E-state index contributed by atoms with van der Waals surface area (Å²) < 4.78 is 6.39. The lowest BCUT2D eigenvalue weighted by Gasteiger charge is -2.21. The van der Waals surface area contributed by atoms with Crippen molar-refractivity contribution in [3.8, 4) is 67.5 Å². The zero-order valence-electron chi connectivity index (χ0n) is 29.0. The fourth-order valence-electron chi connectivity index (χ4n) is 6.97. The lowest BCUT2D eigenvalue weighted by atomic mass is 9.59. The van der Waals surface area contributed by atoms with E-state index in [2.05, 4.69) is 60.7 Å². The molecule has 0 aliphatic carbocycles. The lowest BCUT2D eigenvalue weighted by molar-refractivity contribution is 0.669. The molecule has 54 heavy (non-hydrogen) atoms. The average Bonchev–Trinajstić information content (AvgIpc) is 3.61. The van der Waals surface area contributed by atoms with Gasteiger partial charge in [-0.3, -0.25) is 0 Å². The second-order valence-electron chi connectivity index (χ2n) is 13.1. The van der Waals surface area contributed by atoms with Crippen LogP contribution in [0.2, 0.25) is 0 Å². The van der Waals surface area contributed by atoms with Gasteiger partial charge in [0.25, 0.3) is 0 Å². The molecule has 0 aliphatic rings. The van der Waals surface area contributed by atoms with Gasteiger partial charge in [0.2, 0.25) is 0 Å². The van der Waals surface area contributed by atoms with Crippen LogP contribution >= 0.6 is 0 Å². The van der Waals surface area contributed by atoms with Crippen LogP contribution in [-0.2, 0) is 0 Å². The molecule has 2 heterocycles. The van der Waals surface area contributed by atoms with Gasteiger partial charge in [-0.15, -0.1) is 16.4 Å². The third kappa shape index (κ3) is 5.86. The summed E-state index contributed by atoms with van der Waals surface area (Å²) in [7, 11) is 31.1. The average molecular weight is 677 g/mol. The molecule has 9 aromatic rings. The maximum Gasteiger partial charge on any atom is 0.164 e. The van der Waals surface area contributed by atoms with E-state index in [1.54, 1.807) is 0 Å². The first-order valence-corrected chi connectivity index (χ1v) is 17.4. The van der Waals surface area contributed by atoms with Crippen molar-refractivity contribution in [2.75, 3.05) is 0 Å². The van der Waals surface area contributed by atoms with Crippen LogP contribution in [0, 0.1) is 0 Å². The molecule has 0 bridgehead atoms. The minimum Gasteiger partial charge on any atom is -0.456 e. The molecule has 4 nitrogen and oxygen atoms in total. The van der Waals surface area contributed by atoms with Gasteiger partial charge >= 0.3 is 0 Å². The van der Waals surface area contributed by atoms with E-state index in [1.807, 2.05) is 84.9 Å². The minimum atomic E-state index is 0.172. The molecule has 7 aromatic carbocycles. The van der Waals surface area contributed by atoms with Crippen LogP contribution in [0.5, 0.6) is 0 Å². The molecule has 9 rings (SSSR count). The second-order valence-corrected chi connectivity index (χ2v) is 13.1. The summed E-state index contributed by atoms with van der Waals surface area (Å²) in [6.45, 7) is 0. The summed E-state index contributed by atoms with van der Waals surface area (Å²) >= 11 is 0. The van der Waals surface area contributed by atoms with E-state index in [-0.39, 0.29) is 27.3 Å². The molecule has 0 saturated heterocycles.